The molecule has 1 aliphatic rings. The van der Waals surface area contributed by atoms with Gasteiger partial charge in [-0.2, -0.15) is 0 Å². The number of nitrogens with zero attached hydrogens (tertiary/aromatic N) is 1. The number of hydrogen-bond acceptors (Lipinski definition) is 4. The molecular weight excluding hydrogens is 274 g/mol. The summed E-state index contributed by atoms with van der Waals surface area (Å²) in [7, 11) is 0. The minimum atomic E-state index is -0.685. The number of carbonyl (C=O) groups is 1. The Kier molecular flexibility index (Phi) is 4.65. The number of hydrogen-bond donors (Lipinski definition) is 3. The van der Waals surface area contributed by atoms with Crippen LogP contribution in [-0.2, 0) is 11.2 Å². The minimum Gasteiger partial charge on any atom is -0.409 e. The third-order valence-corrected chi connectivity index (χ3v) is 4.90. The van der Waals surface area contributed by atoms with E-state index in [4.69, 9.17) is 10.9 Å². The minimum absolute atomic E-state index is 0.0754. The summed E-state index contributed by atoms with van der Waals surface area (Å²) < 4.78 is 0. The lowest BCUT2D eigenvalue weighted by atomic mass is 9.76. The van der Waals surface area contributed by atoms with Crippen molar-refractivity contribution < 1.29 is 10.0 Å². The Labute approximate surface area is 122 Å². The molecule has 5 nitrogen and oxygen atoms in total. The third kappa shape index (κ3) is 3.30. The second kappa shape index (κ2) is 6.26. The van der Waals surface area contributed by atoms with Gasteiger partial charge in [0.2, 0.25) is 5.91 Å². The molecule has 0 spiro atoms. The first kappa shape index (κ1) is 14.8. The van der Waals surface area contributed by atoms with Crippen LogP contribution in [0.1, 0.15) is 37.5 Å². The van der Waals surface area contributed by atoms with E-state index in [1.807, 2.05) is 17.5 Å². The Balaban J connectivity index is 2.06. The van der Waals surface area contributed by atoms with Crippen molar-refractivity contribution in [2.75, 3.05) is 0 Å². The maximum Gasteiger partial charge on any atom is 0.226 e. The van der Waals surface area contributed by atoms with Gasteiger partial charge in [-0.25, -0.2) is 0 Å². The molecule has 1 fully saturated rings. The lowest BCUT2D eigenvalue weighted by molar-refractivity contribution is -0.122. The average Bonchev–Trinajstić information content (AvgIpc) is 2.93. The van der Waals surface area contributed by atoms with Crippen LogP contribution in [0.5, 0.6) is 0 Å². The fraction of sp³-hybridized carbons (Fsp3) is 0.571. The molecule has 6 heteroatoms. The normalized spacial score (nSPS) is 27.2. The summed E-state index contributed by atoms with van der Waals surface area (Å²) in [4.78, 5) is 13.2. The Bertz CT molecular complexity index is 477. The standard InChI is InChI=1S/C14H21N3O2S/c1-10-4-6-14(7-5-10,13(15)17-19)16-12(18)9-11-3-2-8-20-11/h2-3,8,10,19H,4-7,9H2,1H3,(H2,15,17)(H,16,18). The van der Waals surface area contributed by atoms with Gasteiger partial charge in [0.05, 0.1) is 6.42 Å². The molecule has 4 N–H and O–H groups in total. The van der Waals surface area contributed by atoms with Gasteiger partial charge in [0.25, 0.3) is 0 Å². The van der Waals surface area contributed by atoms with Crippen molar-refractivity contribution in [1.82, 2.24) is 5.32 Å². The first-order chi connectivity index (χ1) is 9.55. The van der Waals surface area contributed by atoms with Crippen LogP contribution in [0.2, 0.25) is 0 Å². The Morgan fingerprint density at radius 3 is 2.85 bits per heavy atom. The van der Waals surface area contributed by atoms with E-state index in [9.17, 15) is 4.79 Å². The van der Waals surface area contributed by atoms with E-state index in [1.54, 1.807) is 11.3 Å². The summed E-state index contributed by atoms with van der Waals surface area (Å²) in [5.74, 6) is 0.654. The fourth-order valence-corrected chi connectivity index (χ4v) is 3.38. The molecule has 1 saturated carbocycles. The average molecular weight is 295 g/mol. The molecule has 0 unspecified atom stereocenters. The fourth-order valence-electron chi connectivity index (χ4n) is 2.68. The number of amidine groups is 1. The Hall–Kier alpha value is -1.56. The van der Waals surface area contributed by atoms with E-state index in [-0.39, 0.29) is 11.7 Å². The van der Waals surface area contributed by atoms with Crippen LogP contribution < -0.4 is 11.1 Å². The van der Waals surface area contributed by atoms with Crippen LogP contribution in [-0.4, -0.2) is 22.5 Å². The van der Waals surface area contributed by atoms with Gasteiger partial charge in [-0.1, -0.05) is 18.1 Å². The number of nitrogens with two attached hydrogens (primary N) is 1. The Morgan fingerprint density at radius 1 is 1.60 bits per heavy atom. The van der Waals surface area contributed by atoms with Gasteiger partial charge in [0, 0.05) is 4.88 Å². The molecule has 110 valence electrons. The van der Waals surface area contributed by atoms with E-state index in [0.29, 0.717) is 12.3 Å². The summed E-state index contributed by atoms with van der Waals surface area (Å²) in [5.41, 5.74) is 5.15. The monoisotopic (exact) mass is 295 g/mol. The van der Waals surface area contributed by atoms with Gasteiger partial charge >= 0.3 is 0 Å². The highest BCUT2D eigenvalue weighted by Gasteiger charge is 2.39. The van der Waals surface area contributed by atoms with Crippen LogP contribution in [0.25, 0.3) is 0 Å². The van der Waals surface area contributed by atoms with Crippen molar-refractivity contribution in [1.29, 1.82) is 0 Å². The largest absolute Gasteiger partial charge is 0.409 e. The molecule has 1 heterocycles. The number of thiophene rings is 1. The first-order valence-electron chi connectivity index (χ1n) is 6.87. The maximum atomic E-state index is 12.2. The van der Waals surface area contributed by atoms with E-state index in [2.05, 4.69) is 17.4 Å². The first-order valence-corrected chi connectivity index (χ1v) is 7.75. The number of nitrogens with one attached hydrogen (secondary N) is 1. The van der Waals surface area contributed by atoms with E-state index in [1.165, 1.54) is 0 Å². The predicted octanol–water partition coefficient (Wildman–Crippen LogP) is 2.10. The summed E-state index contributed by atoms with van der Waals surface area (Å²) >= 11 is 1.56. The molecule has 20 heavy (non-hydrogen) atoms. The smallest absolute Gasteiger partial charge is 0.226 e. The van der Waals surface area contributed by atoms with Gasteiger partial charge in [0.1, 0.15) is 5.54 Å². The molecule has 0 bridgehead atoms. The number of carbonyl (C=O) groups excluding carboxylic acids is 1. The molecule has 1 aromatic rings. The van der Waals surface area contributed by atoms with Crippen molar-refractivity contribution >= 4 is 23.1 Å². The van der Waals surface area contributed by atoms with Crippen molar-refractivity contribution in [3.05, 3.63) is 22.4 Å². The van der Waals surface area contributed by atoms with Crippen molar-refractivity contribution in [3.8, 4) is 0 Å². The molecule has 0 aliphatic heterocycles. The van der Waals surface area contributed by atoms with Gasteiger partial charge in [0.15, 0.2) is 5.84 Å². The quantitative estimate of drug-likeness (QED) is 0.344. The molecule has 0 saturated heterocycles. The number of rotatable bonds is 4. The zero-order valence-corrected chi connectivity index (χ0v) is 12.4. The van der Waals surface area contributed by atoms with Crippen LogP contribution in [0, 0.1) is 5.92 Å². The van der Waals surface area contributed by atoms with Gasteiger partial charge < -0.3 is 16.3 Å². The van der Waals surface area contributed by atoms with E-state index < -0.39 is 5.54 Å². The van der Waals surface area contributed by atoms with Gasteiger partial charge in [-0.3, -0.25) is 4.79 Å². The molecule has 0 atom stereocenters. The predicted molar refractivity (Wildman–Crippen MR) is 79.9 cm³/mol. The summed E-state index contributed by atoms with van der Waals surface area (Å²) in [5, 5.41) is 17.1. The SMILES string of the molecule is CC1CCC(NC(=O)Cc2cccs2)(/C(N)=N/O)CC1. The molecule has 0 radical (unpaired) electrons. The highest BCUT2D eigenvalue weighted by Crippen LogP contribution is 2.32. The summed E-state index contributed by atoms with van der Waals surface area (Å²) in [6.07, 6.45) is 3.72. The van der Waals surface area contributed by atoms with Crippen LogP contribution in [0.3, 0.4) is 0 Å². The van der Waals surface area contributed by atoms with Gasteiger partial charge in [-0.15, -0.1) is 11.3 Å². The van der Waals surface area contributed by atoms with Crippen LogP contribution >= 0.6 is 11.3 Å². The molecular formula is C14H21N3O2S. The van der Waals surface area contributed by atoms with Crippen molar-refractivity contribution in [2.24, 2.45) is 16.8 Å². The number of amides is 1. The number of oxime groups is 1. The van der Waals surface area contributed by atoms with Crippen molar-refractivity contribution in [2.45, 2.75) is 44.6 Å². The van der Waals surface area contributed by atoms with Gasteiger partial charge in [-0.05, 0) is 43.0 Å². The highest BCUT2D eigenvalue weighted by molar-refractivity contribution is 7.10. The molecule has 1 aliphatic carbocycles. The summed E-state index contributed by atoms with van der Waals surface area (Å²) in [6.45, 7) is 2.18. The highest BCUT2D eigenvalue weighted by atomic mass is 32.1. The zero-order chi connectivity index (χ0) is 14.6. The second-order valence-electron chi connectivity index (χ2n) is 5.55. The van der Waals surface area contributed by atoms with Crippen LogP contribution in [0.15, 0.2) is 22.7 Å². The van der Waals surface area contributed by atoms with Crippen LogP contribution in [0.4, 0.5) is 0 Å². The zero-order valence-electron chi connectivity index (χ0n) is 11.6. The Morgan fingerprint density at radius 2 is 2.30 bits per heavy atom. The molecule has 1 amide bonds. The summed E-state index contributed by atoms with van der Waals surface area (Å²) in [6, 6.07) is 3.86. The third-order valence-electron chi connectivity index (χ3n) is 4.02. The lowest BCUT2D eigenvalue weighted by Crippen LogP contribution is -2.59. The molecule has 0 aromatic carbocycles. The van der Waals surface area contributed by atoms with Crippen molar-refractivity contribution in [3.63, 3.8) is 0 Å². The van der Waals surface area contributed by atoms with E-state index >= 15 is 0 Å². The maximum absolute atomic E-state index is 12.2. The lowest BCUT2D eigenvalue weighted by Gasteiger charge is -2.38. The second-order valence-corrected chi connectivity index (χ2v) is 6.59. The molecule has 2 rings (SSSR count). The van der Waals surface area contributed by atoms with E-state index in [0.717, 1.165) is 30.6 Å². The molecule has 1 aromatic heterocycles. The topological polar surface area (TPSA) is 87.7 Å².